The lowest BCUT2D eigenvalue weighted by molar-refractivity contribution is 0.00706. The highest BCUT2D eigenvalue weighted by molar-refractivity contribution is 5.98. The van der Waals surface area contributed by atoms with Crippen LogP contribution in [0.5, 0.6) is 0 Å². The number of ether oxygens (including phenoxy) is 1. The number of nitrogens with zero attached hydrogens (tertiary/aromatic N) is 2. The molecule has 0 radical (unpaired) electrons. The molecule has 0 bridgehead atoms. The maximum atomic E-state index is 12.1. The first-order valence-corrected chi connectivity index (χ1v) is 5.95. The largest absolute Gasteiger partial charge is 0.456 e. The van der Waals surface area contributed by atoms with Gasteiger partial charge in [0.2, 0.25) is 5.96 Å². The predicted octanol–water partition coefficient (Wildman–Crippen LogP) is 0.862. The summed E-state index contributed by atoms with van der Waals surface area (Å²) >= 11 is 0. The van der Waals surface area contributed by atoms with Gasteiger partial charge in [-0.2, -0.15) is 4.99 Å². The summed E-state index contributed by atoms with van der Waals surface area (Å²) in [4.78, 5) is 19.7. The Bertz CT molecular complexity index is 554. The van der Waals surface area contributed by atoms with Gasteiger partial charge in [-0.05, 0) is 32.9 Å². The quantitative estimate of drug-likeness (QED) is 0.419. The van der Waals surface area contributed by atoms with Crippen LogP contribution in [0.25, 0.3) is 0 Å². The van der Waals surface area contributed by atoms with Gasteiger partial charge < -0.3 is 21.9 Å². The Balaban J connectivity index is 3.12. The van der Waals surface area contributed by atoms with E-state index in [-0.39, 0.29) is 17.5 Å². The van der Waals surface area contributed by atoms with Crippen molar-refractivity contribution >= 4 is 23.6 Å². The van der Waals surface area contributed by atoms with Crippen LogP contribution in [0.15, 0.2) is 34.3 Å². The number of hydrogen-bond acceptors (Lipinski definition) is 3. The molecule has 108 valence electrons. The molecule has 0 heterocycles. The number of rotatable bonds is 2. The fourth-order valence-corrected chi connectivity index (χ4v) is 1.36. The smallest absolute Gasteiger partial charge is 0.340 e. The van der Waals surface area contributed by atoms with E-state index in [9.17, 15) is 4.79 Å². The van der Waals surface area contributed by atoms with Crippen molar-refractivity contribution < 1.29 is 9.53 Å². The lowest BCUT2D eigenvalue weighted by Gasteiger charge is -2.19. The van der Waals surface area contributed by atoms with Crippen molar-refractivity contribution in [3.63, 3.8) is 0 Å². The molecule has 0 saturated carbocycles. The second-order valence-electron chi connectivity index (χ2n) is 5.03. The number of guanidine groups is 2. The fourth-order valence-electron chi connectivity index (χ4n) is 1.36. The first-order chi connectivity index (χ1) is 9.19. The van der Waals surface area contributed by atoms with Crippen LogP contribution in [0, 0.1) is 0 Å². The van der Waals surface area contributed by atoms with Crippen molar-refractivity contribution in [3.05, 3.63) is 29.8 Å². The topological polar surface area (TPSA) is 129 Å². The van der Waals surface area contributed by atoms with Gasteiger partial charge in [-0.15, -0.1) is 0 Å². The Morgan fingerprint density at radius 3 is 2.30 bits per heavy atom. The number of nitrogens with two attached hydrogens (primary N) is 3. The second kappa shape index (κ2) is 6.05. The van der Waals surface area contributed by atoms with Gasteiger partial charge >= 0.3 is 5.97 Å². The molecule has 1 aromatic rings. The highest BCUT2D eigenvalue weighted by atomic mass is 16.6. The first-order valence-electron chi connectivity index (χ1n) is 5.95. The van der Waals surface area contributed by atoms with Crippen LogP contribution in [-0.4, -0.2) is 23.5 Å². The van der Waals surface area contributed by atoms with E-state index in [2.05, 4.69) is 9.98 Å². The Kier molecular flexibility index (Phi) is 4.68. The van der Waals surface area contributed by atoms with Gasteiger partial charge in [0.1, 0.15) is 5.60 Å². The van der Waals surface area contributed by atoms with Crippen LogP contribution in [0.3, 0.4) is 0 Å². The van der Waals surface area contributed by atoms with Gasteiger partial charge in [0.05, 0.1) is 11.3 Å². The maximum absolute atomic E-state index is 12.1. The maximum Gasteiger partial charge on any atom is 0.340 e. The third-order valence-electron chi connectivity index (χ3n) is 2.00. The Labute approximate surface area is 117 Å². The van der Waals surface area contributed by atoms with Crippen molar-refractivity contribution in [3.8, 4) is 0 Å². The molecular weight excluding hydrogens is 258 g/mol. The van der Waals surface area contributed by atoms with Crippen LogP contribution in [0.1, 0.15) is 31.1 Å². The Morgan fingerprint density at radius 2 is 1.75 bits per heavy atom. The summed E-state index contributed by atoms with van der Waals surface area (Å²) in [6, 6.07) is 6.63. The molecule has 1 aromatic carbocycles. The molecule has 0 saturated heterocycles. The number of carbonyl (C=O) groups excluding carboxylic acids is 1. The molecule has 6 N–H and O–H groups in total. The minimum Gasteiger partial charge on any atom is -0.456 e. The van der Waals surface area contributed by atoms with Crippen LogP contribution in [0.2, 0.25) is 0 Å². The molecule has 0 aliphatic rings. The van der Waals surface area contributed by atoms with Crippen LogP contribution >= 0.6 is 0 Å². The van der Waals surface area contributed by atoms with Crippen molar-refractivity contribution in [1.82, 2.24) is 0 Å². The third kappa shape index (κ3) is 4.97. The van der Waals surface area contributed by atoms with E-state index in [0.29, 0.717) is 5.69 Å². The lowest BCUT2D eigenvalue weighted by Crippen LogP contribution is -2.26. The van der Waals surface area contributed by atoms with Crippen LogP contribution in [0.4, 0.5) is 5.69 Å². The predicted molar refractivity (Wildman–Crippen MR) is 78.7 cm³/mol. The van der Waals surface area contributed by atoms with Crippen molar-refractivity contribution in [1.29, 1.82) is 0 Å². The van der Waals surface area contributed by atoms with Gasteiger partial charge in [0.15, 0.2) is 5.96 Å². The molecule has 20 heavy (non-hydrogen) atoms. The molecule has 0 fully saturated rings. The molecule has 7 heteroatoms. The number of esters is 1. The van der Waals surface area contributed by atoms with Gasteiger partial charge in [0, 0.05) is 0 Å². The highest BCUT2D eigenvalue weighted by Crippen LogP contribution is 2.22. The molecule has 0 atom stereocenters. The number of benzene rings is 1. The van der Waals surface area contributed by atoms with Gasteiger partial charge in [-0.1, -0.05) is 12.1 Å². The number of hydrogen-bond donors (Lipinski definition) is 3. The molecule has 1 rings (SSSR count). The highest BCUT2D eigenvalue weighted by Gasteiger charge is 2.20. The zero-order valence-corrected chi connectivity index (χ0v) is 11.8. The average Bonchev–Trinajstić information content (AvgIpc) is 2.25. The Hall–Kier alpha value is -2.57. The van der Waals surface area contributed by atoms with E-state index in [4.69, 9.17) is 21.9 Å². The zero-order valence-electron chi connectivity index (χ0n) is 11.8. The minimum atomic E-state index is -0.598. The molecule has 0 spiro atoms. The number of carbonyl (C=O) groups is 1. The molecule has 0 aliphatic heterocycles. The zero-order chi connectivity index (χ0) is 15.3. The molecule has 0 unspecified atom stereocenters. The third-order valence-corrected chi connectivity index (χ3v) is 2.00. The van der Waals surface area contributed by atoms with Crippen LogP contribution in [-0.2, 0) is 4.74 Å². The van der Waals surface area contributed by atoms with Crippen LogP contribution < -0.4 is 17.2 Å². The van der Waals surface area contributed by atoms with Gasteiger partial charge in [-0.3, -0.25) is 0 Å². The average molecular weight is 277 g/mol. The van der Waals surface area contributed by atoms with E-state index >= 15 is 0 Å². The van der Waals surface area contributed by atoms with Crippen molar-refractivity contribution in [2.24, 2.45) is 27.2 Å². The molecular formula is C13H19N5O2. The summed E-state index contributed by atoms with van der Waals surface area (Å²) in [6.07, 6.45) is 0. The molecule has 7 nitrogen and oxygen atoms in total. The SMILES string of the molecule is CC(C)(C)OC(=O)c1ccccc1N=C(N)N=C(N)N. The van der Waals surface area contributed by atoms with E-state index in [0.717, 1.165) is 0 Å². The number of aliphatic imine (C=N–C) groups is 2. The van der Waals surface area contributed by atoms with Crippen molar-refractivity contribution in [2.45, 2.75) is 26.4 Å². The summed E-state index contributed by atoms with van der Waals surface area (Å²) in [5, 5.41) is 0. The standard InChI is InChI=1S/C13H19N5O2/c1-13(2,3)20-10(19)8-6-4-5-7-9(8)17-12(16)18-11(14)15/h4-7H,1-3H3,(H6,14,15,16,17,18). The first kappa shape index (κ1) is 15.5. The fraction of sp³-hybridized carbons (Fsp3) is 0.308. The molecule has 0 aliphatic carbocycles. The minimum absolute atomic E-state index is 0.138. The van der Waals surface area contributed by atoms with E-state index < -0.39 is 11.6 Å². The molecule has 0 aromatic heterocycles. The molecule has 0 amide bonds. The summed E-state index contributed by atoms with van der Waals surface area (Å²) in [5.41, 5.74) is 16.0. The van der Waals surface area contributed by atoms with Crippen molar-refractivity contribution in [2.75, 3.05) is 0 Å². The summed E-state index contributed by atoms with van der Waals surface area (Å²) < 4.78 is 5.29. The second-order valence-corrected chi connectivity index (χ2v) is 5.03. The van der Waals surface area contributed by atoms with E-state index in [1.165, 1.54) is 0 Å². The normalized spacial score (nSPS) is 11.8. The lowest BCUT2D eigenvalue weighted by atomic mass is 10.1. The number of para-hydroxylation sites is 1. The van der Waals surface area contributed by atoms with E-state index in [1.54, 1.807) is 45.0 Å². The van der Waals surface area contributed by atoms with Gasteiger partial charge in [-0.25, -0.2) is 9.79 Å². The summed E-state index contributed by atoms with van der Waals surface area (Å²) in [6.45, 7) is 5.35. The summed E-state index contributed by atoms with van der Waals surface area (Å²) in [7, 11) is 0. The van der Waals surface area contributed by atoms with E-state index in [1.807, 2.05) is 0 Å². The Morgan fingerprint density at radius 1 is 1.15 bits per heavy atom. The monoisotopic (exact) mass is 277 g/mol. The van der Waals surface area contributed by atoms with Gasteiger partial charge in [0.25, 0.3) is 0 Å². The summed E-state index contributed by atoms with van der Waals surface area (Å²) in [5.74, 6) is -0.837.